The van der Waals surface area contributed by atoms with Crippen molar-refractivity contribution in [2.75, 3.05) is 6.61 Å². The zero-order valence-electron chi connectivity index (χ0n) is 19.7. The molecule has 30 heavy (non-hydrogen) atoms. The summed E-state index contributed by atoms with van der Waals surface area (Å²) >= 11 is 0. The monoisotopic (exact) mass is 416 g/mol. The molecule has 0 bridgehead atoms. The summed E-state index contributed by atoms with van der Waals surface area (Å²) in [5.41, 5.74) is 0.899. The highest BCUT2D eigenvalue weighted by molar-refractivity contribution is 5.15. The summed E-state index contributed by atoms with van der Waals surface area (Å²) in [5, 5.41) is 10.3. The first-order valence-electron chi connectivity index (χ1n) is 13.3. The van der Waals surface area contributed by atoms with E-state index in [1.165, 1.54) is 44.9 Å². The maximum atomic E-state index is 10.3. The summed E-state index contributed by atoms with van der Waals surface area (Å²) in [4.78, 5) is 0. The summed E-state index contributed by atoms with van der Waals surface area (Å²) in [6, 6.07) is 0. The van der Waals surface area contributed by atoms with Crippen LogP contribution in [-0.4, -0.2) is 29.7 Å². The lowest BCUT2D eigenvalue weighted by Crippen LogP contribution is -2.55. The molecule has 3 nitrogen and oxygen atoms in total. The molecule has 0 aromatic carbocycles. The second kappa shape index (κ2) is 6.70. The van der Waals surface area contributed by atoms with E-state index in [2.05, 4.69) is 27.7 Å². The lowest BCUT2D eigenvalue weighted by atomic mass is 9.44. The van der Waals surface area contributed by atoms with Gasteiger partial charge in [-0.05, 0) is 104 Å². The Hall–Kier alpha value is -0.120. The minimum absolute atomic E-state index is 0.0389. The molecule has 4 saturated carbocycles. The van der Waals surface area contributed by atoms with E-state index in [-0.39, 0.29) is 11.9 Å². The van der Waals surface area contributed by atoms with Crippen LogP contribution in [0.1, 0.15) is 91.9 Å². The molecule has 0 aromatic heterocycles. The van der Waals surface area contributed by atoms with Crippen molar-refractivity contribution >= 4 is 0 Å². The van der Waals surface area contributed by atoms with Crippen molar-refractivity contribution < 1.29 is 14.6 Å². The number of aliphatic hydroxyl groups excluding tert-OH is 1. The Balaban J connectivity index is 1.26. The number of rotatable bonds is 0. The van der Waals surface area contributed by atoms with Crippen molar-refractivity contribution in [2.24, 2.45) is 52.3 Å². The standard InChI is InChI=1S/C27H44O3/c1-16-7-12-27(29-15-16)17(2)24-23(30-27)14-22-20-6-5-18-13-19(28)8-10-25(18,3)21(20)9-11-26(22,24)4/h16-24,28H,5-15H2,1-4H3/t16?,17?,18-,19-,20?,21?,22?,23-,24?,25-,26-,27?/m0/s1. The van der Waals surface area contributed by atoms with Crippen LogP contribution in [0.5, 0.6) is 0 Å². The zero-order chi connectivity index (χ0) is 20.9. The van der Waals surface area contributed by atoms with Gasteiger partial charge in [-0.2, -0.15) is 0 Å². The summed E-state index contributed by atoms with van der Waals surface area (Å²) in [6.45, 7) is 10.9. The normalized spacial score (nSPS) is 62.5. The summed E-state index contributed by atoms with van der Waals surface area (Å²) in [7, 11) is 0. The quantitative estimate of drug-likeness (QED) is 0.543. The molecule has 2 aliphatic heterocycles. The van der Waals surface area contributed by atoms with Gasteiger partial charge in [-0.3, -0.25) is 0 Å². The van der Waals surface area contributed by atoms with Gasteiger partial charge in [0, 0.05) is 12.3 Å². The van der Waals surface area contributed by atoms with Crippen LogP contribution in [0.2, 0.25) is 0 Å². The molecule has 7 unspecified atom stereocenters. The summed E-state index contributed by atoms with van der Waals surface area (Å²) in [6.07, 6.45) is 12.9. The van der Waals surface area contributed by atoms with Gasteiger partial charge < -0.3 is 14.6 Å². The first kappa shape index (κ1) is 20.5. The van der Waals surface area contributed by atoms with Gasteiger partial charge in [0.1, 0.15) is 0 Å². The molecule has 1 N–H and O–H groups in total. The lowest BCUT2D eigenvalue weighted by Gasteiger charge is -2.61. The molecule has 2 heterocycles. The van der Waals surface area contributed by atoms with Gasteiger partial charge in [-0.1, -0.05) is 27.7 Å². The van der Waals surface area contributed by atoms with Crippen molar-refractivity contribution in [1.29, 1.82) is 0 Å². The molecule has 6 fully saturated rings. The van der Waals surface area contributed by atoms with Crippen molar-refractivity contribution in [2.45, 2.75) is 110 Å². The fraction of sp³-hybridized carbons (Fsp3) is 1.00. The van der Waals surface area contributed by atoms with Gasteiger partial charge in [0.25, 0.3) is 0 Å². The lowest BCUT2D eigenvalue weighted by molar-refractivity contribution is -0.273. The molecular weight excluding hydrogens is 372 g/mol. The van der Waals surface area contributed by atoms with Gasteiger partial charge >= 0.3 is 0 Å². The van der Waals surface area contributed by atoms with Gasteiger partial charge in [-0.25, -0.2) is 0 Å². The summed E-state index contributed by atoms with van der Waals surface area (Å²) in [5.74, 6) is 4.93. The van der Waals surface area contributed by atoms with E-state index in [1.807, 2.05) is 0 Å². The molecule has 12 atom stereocenters. The van der Waals surface area contributed by atoms with Gasteiger partial charge in [0.05, 0.1) is 18.8 Å². The number of fused-ring (bicyclic) bond motifs is 7. The van der Waals surface area contributed by atoms with E-state index in [0.29, 0.717) is 34.7 Å². The molecule has 0 radical (unpaired) electrons. The molecule has 0 aromatic rings. The van der Waals surface area contributed by atoms with E-state index in [0.717, 1.165) is 49.5 Å². The Morgan fingerprint density at radius 3 is 2.40 bits per heavy atom. The fourth-order valence-electron chi connectivity index (χ4n) is 10.3. The average molecular weight is 417 g/mol. The van der Waals surface area contributed by atoms with Crippen LogP contribution >= 0.6 is 0 Å². The molecule has 3 heteroatoms. The maximum absolute atomic E-state index is 10.3. The van der Waals surface area contributed by atoms with Crippen molar-refractivity contribution in [3.05, 3.63) is 0 Å². The number of hydrogen-bond donors (Lipinski definition) is 1. The third-order valence-electron chi connectivity index (χ3n) is 11.9. The van der Waals surface area contributed by atoms with Gasteiger partial charge in [-0.15, -0.1) is 0 Å². The third-order valence-corrected chi connectivity index (χ3v) is 11.9. The predicted octanol–water partition coefficient (Wildman–Crippen LogP) is 5.79. The molecule has 2 saturated heterocycles. The molecular formula is C27H44O3. The van der Waals surface area contributed by atoms with E-state index in [4.69, 9.17) is 9.47 Å². The minimum Gasteiger partial charge on any atom is -0.393 e. The van der Waals surface area contributed by atoms with Crippen molar-refractivity contribution in [1.82, 2.24) is 0 Å². The van der Waals surface area contributed by atoms with Crippen LogP contribution in [-0.2, 0) is 9.47 Å². The Labute approximate surface area is 183 Å². The van der Waals surface area contributed by atoms with Crippen LogP contribution < -0.4 is 0 Å². The summed E-state index contributed by atoms with van der Waals surface area (Å²) < 4.78 is 13.4. The largest absolute Gasteiger partial charge is 0.393 e. The Morgan fingerprint density at radius 1 is 0.833 bits per heavy atom. The molecule has 6 rings (SSSR count). The second-order valence-electron chi connectivity index (χ2n) is 13.1. The van der Waals surface area contributed by atoms with E-state index < -0.39 is 0 Å². The van der Waals surface area contributed by atoms with E-state index in [1.54, 1.807) is 0 Å². The smallest absolute Gasteiger partial charge is 0.171 e. The van der Waals surface area contributed by atoms with Crippen LogP contribution in [0, 0.1) is 52.3 Å². The topological polar surface area (TPSA) is 38.7 Å². The zero-order valence-corrected chi connectivity index (χ0v) is 19.7. The molecule has 170 valence electrons. The van der Waals surface area contributed by atoms with E-state index >= 15 is 0 Å². The fourth-order valence-corrected chi connectivity index (χ4v) is 10.3. The van der Waals surface area contributed by atoms with E-state index in [9.17, 15) is 5.11 Å². The highest BCUT2D eigenvalue weighted by atomic mass is 16.7. The third kappa shape index (κ3) is 2.61. The Kier molecular flexibility index (Phi) is 4.58. The van der Waals surface area contributed by atoms with Gasteiger partial charge in [0.15, 0.2) is 5.79 Å². The maximum Gasteiger partial charge on any atom is 0.171 e. The molecule has 1 spiro atoms. The Morgan fingerprint density at radius 2 is 1.63 bits per heavy atom. The molecule has 6 aliphatic rings. The average Bonchev–Trinajstić information content (AvgIpc) is 3.16. The number of ether oxygens (including phenoxy) is 2. The van der Waals surface area contributed by atoms with Crippen LogP contribution in [0.3, 0.4) is 0 Å². The highest BCUT2D eigenvalue weighted by Crippen LogP contribution is 2.71. The number of aliphatic hydroxyl groups is 1. The van der Waals surface area contributed by atoms with Crippen molar-refractivity contribution in [3.63, 3.8) is 0 Å². The molecule has 0 amide bonds. The van der Waals surface area contributed by atoms with Crippen molar-refractivity contribution in [3.8, 4) is 0 Å². The first-order valence-corrected chi connectivity index (χ1v) is 13.3. The SMILES string of the molecule is CC1CCC2(OC1)O[C@H]1CC3C4CC[C@H]5C[C@@H](O)CC[C@]5(C)C4CC[C@]3(C)C1C2C. The highest BCUT2D eigenvalue weighted by Gasteiger charge is 2.69. The van der Waals surface area contributed by atoms with Crippen LogP contribution in [0.15, 0.2) is 0 Å². The predicted molar refractivity (Wildman–Crippen MR) is 118 cm³/mol. The van der Waals surface area contributed by atoms with Gasteiger partial charge in [0.2, 0.25) is 0 Å². The Bertz CT molecular complexity index is 684. The minimum atomic E-state index is -0.282. The first-order chi connectivity index (χ1) is 14.3. The molecule has 4 aliphatic carbocycles. The van der Waals surface area contributed by atoms with Crippen LogP contribution in [0.25, 0.3) is 0 Å². The van der Waals surface area contributed by atoms with Crippen LogP contribution in [0.4, 0.5) is 0 Å². The second-order valence-corrected chi connectivity index (χ2v) is 13.1. The number of hydrogen-bond acceptors (Lipinski definition) is 3.